The second-order valence-electron chi connectivity index (χ2n) is 5.25. The fraction of sp³-hybridized carbons (Fsp3) is 0.727. The van der Waals surface area contributed by atoms with Gasteiger partial charge in [-0.2, -0.15) is 8.42 Å². The lowest BCUT2D eigenvalue weighted by Gasteiger charge is -2.33. The van der Waals surface area contributed by atoms with E-state index in [1.807, 2.05) is 7.05 Å². The Hall–Kier alpha value is -1.12. The molecule has 0 radical (unpaired) electrons. The smallest absolute Gasteiger partial charge is 0.301 e. The van der Waals surface area contributed by atoms with Gasteiger partial charge in [0.15, 0.2) is 0 Å². The monoisotopic (exact) mass is 289 g/mol. The van der Waals surface area contributed by atoms with E-state index in [0.717, 1.165) is 31.5 Å². The summed E-state index contributed by atoms with van der Waals surface area (Å²) < 4.78 is 30.2. The van der Waals surface area contributed by atoms with Gasteiger partial charge < -0.3 is 9.42 Å². The van der Waals surface area contributed by atoms with E-state index in [1.165, 1.54) is 9.21 Å². The molecule has 0 aliphatic carbocycles. The lowest BCUT2D eigenvalue weighted by atomic mass is 10.1. The molecule has 1 aromatic rings. The van der Waals surface area contributed by atoms with Crippen molar-refractivity contribution in [2.75, 3.05) is 24.4 Å². The molecule has 1 aliphatic rings. The number of nitrogens with zero attached hydrogens (tertiary/aromatic N) is 2. The minimum atomic E-state index is -3.86. The van der Waals surface area contributed by atoms with Crippen LogP contribution in [0.1, 0.15) is 24.1 Å². The van der Waals surface area contributed by atoms with Gasteiger partial charge in [-0.05, 0) is 26.7 Å². The molecule has 19 heavy (non-hydrogen) atoms. The summed E-state index contributed by atoms with van der Waals surface area (Å²) in [6.45, 7) is 5.33. The second kappa shape index (κ2) is 5.10. The fourth-order valence-corrected chi connectivity index (χ4v) is 3.54. The lowest BCUT2D eigenvalue weighted by molar-refractivity contribution is -0.885. The molecule has 0 amide bonds. The third-order valence-corrected chi connectivity index (χ3v) is 4.68. The Bertz CT molecular complexity index is 554. The Morgan fingerprint density at radius 2 is 2.16 bits per heavy atom. The summed E-state index contributed by atoms with van der Waals surface area (Å²) in [6, 6.07) is -0.171. The summed E-state index contributed by atoms with van der Waals surface area (Å²) >= 11 is 0. The first-order valence-electron chi connectivity index (χ1n) is 6.37. The number of aryl methyl sites for hydroxylation is 1. The van der Waals surface area contributed by atoms with Crippen molar-refractivity contribution in [3.63, 3.8) is 0 Å². The number of anilines is 1. The number of nitrogens with one attached hydrogen (secondary N) is 1. The van der Waals surface area contributed by atoms with Crippen LogP contribution in [-0.2, 0) is 10.2 Å². The average molecular weight is 289 g/mol. The normalized spacial score (nSPS) is 24.4. The molecule has 0 spiro atoms. The standard InChI is InChI=1S/C11H20N4O3S/c1-8-9(2)13-18-11(8)15(19(12,16)17)10-5-4-6-14(3)7-10/h10H,4-7H2,1-3H3,(H2,12,16,17)/p+1. The van der Waals surface area contributed by atoms with Gasteiger partial charge >= 0.3 is 10.2 Å². The topological polar surface area (TPSA) is 93.9 Å². The molecule has 2 rings (SSSR count). The van der Waals surface area contributed by atoms with Crippen LogP contribution >= 0.6 is 0 Å². The maximum Gasteiger partial charge on any atom is 0.301 e. The molecule has 1 aromatic heterocycles. The SMILES string of the molecule is Cc1noc(N(C2CCC[NH+](C)C2)S(N)(=O)=O)c1C. The zero-order valence-corrected chi connectivity index (χ0v) is 12.3. The molecule has 0 bridgehead atoms. The zero-order valence-electron chi connectivity index (χ0n) is 11.5. The van der Waals surface area contributed by atoms with E-state index in [4.69, 9.17) is 9.66 Å². The van der Waals surface area contributed by atoms with Gasteiger partial charge in [0.05, 0.1) is 31.9 Å². The van der Waals surface area contributed by atoms with Crippen molar-refractivity contribution >= 4 is 16.1 Å². The molecule has 0 saturated carbocycles. The Labute approximate surface area is 113 Å². The fourth-order valence-electron chi connectivity index (χ4n) is 2.54. The molecule has 1 saturated heterocycles. The number of nitrogens with two attached hydrogens (primary N) is 1. The molecular formula is C11H21N4O3S+. The number of hydrogen-bond acceptors (Lipinski definition) is 4. The highest BCUT2D eigenvalue weighted by Crippen LogP contribution is 2.27. The van der Waals surface area contributed by atoms with E-state index in [0.29, 0.717) is 5.69 Å². The van der Waals surface area contributed by atoms with Gasteiger partial charge in [-0.25, -0.2) is 9.44 Å². The van der Waals surface area contributed by atoms with Crippen LogP contribution in [0.25, 0.3) is 0 Å². The van der Waals surface area contributed by atoms with Gasteiger partial charge in [0.1, 0.15) is 0 Å². The van der Waals surface area contributed by atoms with Crippen molar-refractivity contribution in [3.05, 3.63) is 11.3 Å². The number of piperidine rings is 1. The van der Waals surface area contributed by atoms with Crippen LogP contribution in [0.15, 0.2) is 4.52 Å². The first kappa shape index (κ1) is 14.3. The van der Waals surface area contributed by atoms with Crippen molar-refractivity contribution in [3.8, 4) is 0 Å². The van der Waals surface area contributed by atoms with Crippen LogP contribution in [0, 0.1) is 13.8 Å². The third-order valence-electron chi connectivity index (χ3n) is 3.66. The summed E-state index contributed by atoms with van der Waals surface area (Å²) in [5, 5.41) is 9.19. The summed E-state index contributed by atoms with van der Waals surface area (Å²) in [4.78, 5) is 1.29. The second-order valence-corrected chi connectivity index (χ2v) is 6.67. The van der Waals surface area contributed by atoms with Gasteiger partial charge in [-0.3, -0.25) is 0 Å². The van der Waals surface area contributed by atoms with Crippen LogP contribution in [-0.4, -0.2) is 39.8 Å². The van der Waals surface area contributed by atoms with Crippen LogP contribution in [0.5, 0.6) is 0 Å². The average Bonchev–Trinajstić information content (AvgIpc) is 2.60. The third kappa shape index (κ3) is 2.90. The van der Waals surface area contributed by atoms with Gasteiger partial charge in [0, 0.05) is 5.56 Å². The van der Waals surface area contributed by atoms with Crippen LogP contribution in [0.4, 0.5) is 5.88 Å². The van der Waals surface area contributed by atoms with Gasteiger partial charge in [0.2, 0.25) is 5.88 Å². The Morgan fingerprint density at radius 3 is 2.63 bits per heavy atom. The van der Waals surface area contributed by atoms with Crippen molar-refractivity contribution in [1.82, 2.24) is 5.16 Å². The number of likely N-dealkylation sites (tertiary alicyclic amines) is 1. The highest BCUT2D eigenvalue weighted by Gasteiger charge is 2.36. The molecule has 2 heterocycles. The number of rotatable bonds is 3. The molecule has 1 aliphatic heterocycles. The summed E-state index contributed by atoms with van der Waals surface area (Å²) in [5.74, 6) is 0.250. The number of aromatic nitrogens is 1. The van der Waals surface area contributed by atoms with E-state index < -0.39 is 10.2 Å². The molecule has 7 nitrogen and oxygen atoms in total. The van der Waals surface area contributed by atoms with E-state index >= 15 is 0 Å². The van der Waals surface area contributed by atoms with Crippen LogP contribution in [0.3, 0.4) is 0 Å². The van der Waals surface area contributed by atoms with Crippen molar-refractivity contribution < 1.29 is 17.8 Å². The predicted octanol–water partition coefficient (Wildman–Crippen LogP) is -1.02. The molecule has 3 N–H and O–H groups in total. The summed E-state index contributed by atoms with van der Waals surface area (Å²) in [7, 11) is -1.82. The molecule has 0 aromatic carbocycles. The maximum absolute atomic E-state index is 11.9. The Morgan fingerprint density at radius 1 is 1.47 bits per heavy atom. The first-order valence-corrected chi connectivity index (χ1v) is 7.87. The highest BCUT2D eigenvalue weighted by molar-refractivity contribution is 7.90. The number of quaternary nitrogens is 1. The van der Waals surface area contributed by atoms with E-state index in [2.05, 4.69) is 5.16 Å². The van der Waals surface area contributed by atoms with Crippen LogP contribution in [0.2, 0.25) is 0 Å². The molecule has 2 unspecified atom stereocenters. The van der Waals surface area contributed by atoms with E-state index in [1.54, 1.807) is 13.8 Å². The summed E-state index contributed by atoms with van der Waals surface area (Å²) in [5.41, 5.74) is 1.40. The molecule has 8 heteroatoms. The highest BCUT2D eigenvalue weighted by atomic mass is 32.2. The molecule has 2 atom stereocenters. The van der Waals surface area contributed by atoms with E-state index in [9.17, 15) is 8.42 Å². The van der Waals surface area contributed by atoms with Crippen molar-refractivity contribution in [2.24, 2.45) is 5.14 Å². The van der Waals surface area contributed by atoms with Gasteiger partial charge in [-0.1, -0.05) is 5.16 Å². The van der Waals surface area contributed by atoms with Crippen molar-refractivity contribution in [2.45, 2.75) is 32.7 Å². The van der Waals surface area contributed by atoms with E-state index in [-0.39, 0.29) is 11.9 Å². The minimum Gasteiger partial charge on any atom is -0.337 e. The van der Waals surface area contributed by atoms with Crippen molar-refractivity contribution in [1.29, 1.82) is 0 Å². The first-order chi connectivity index (χ1) is 8.80. The predicted molar refractivity (Wildman–Crippen MR) is 71.2 cm³/mol. The summed E-state index contributed by atoms with van der Waals surface area (Å²) in [6.07, 6.45) is 1.75. The Balaban J connectivity index is 2.40. The maximum atomic E-state index is 11.9. The zero-order chi connectivity index (χ0) is 14.2. The minimum absolute atomic E-state index is 0.171. The lowest BCUT2D eigenvalue weighted by Crippen LogP contribution is -3.11. The molecule has 1 fully saturated rings. The Kier molecular flexibility index (Phi) is 3.84. The van der Waals surface area contributed by atoms with Gasteiger partial charge in [0.25, 0.3) is 0 Å². The number of likely N-dealkylation sites (N-methyl/N-ethyl adjacent to an activating group) is 1. The number of hydrogen-bond donors (Lipinski definition) is 2. The van der Waals surface area contributed by atoms with Gasteiger partial charge in [-0.15, -0.1) is 0 Å². The largest absolute Gasteiger partial charge is 0.337 e. The molecular weight excluding hydrogens is 268 g/mol. The quantitative estimate of drug-likeness (QED) is 0.744. The molecule has 108 valence electrons. The van der Waals surface area contributed by atoms with Crippen LogP contribution < -0.4 is 14.3 Å².